The summed E-state index contributed by atoms with van der Waals surface area (Å²) in [5.41, 5.74) is 7.71. The van der Waals surface area contributed by atoms with Crippen molar-refractivity contribution in [2.24, 2.45) is 18.2 Å². The minimum Gasteiger partial charge on any atom is -0.492 e. The number of nitrogens with two attached hydrogens (primary N) is 1. The van der Waals surface area contributed by atoms with E-state index in [0.717, 1.165) is 0 Å². The Balaban J connectivity index is 1.26. The molecule has 5 rings (SSSR count). The Kier molecular flexibility index (Phi) is 5.68. The molecule has 0 radical (unpaired) electrons. The fourth-order valence-electron chi connectivity index (χ4n) is 3.72. The normalized spacial score (nSPS) is 13.9. The van der Waals surface area contributed by atoms with E-state index >= 15 is 0 Å². The van der Waals surface area contributed by atoms with Crippen molar-refractivity contribution in [3.8, 4) is 11.8 Å². The quantitative estimate of drug-likeness (QED) is 0.378. The maximum absolute atomic E-state index is 12.0. The third-order valence-electron chi connectivity index (χ3n) is 5.81. The molecule has 1 aliphatic heterocycles. The molecule has 3 N–H and O–H groups in total. The molecule has 1 fully saturated rings. The lowest BCUT2D eigenvalue weighted by Gasteiger charge is -2.37. The van der Waals surface area contributed by atoms with E-state index in [0.29, 0.717) is 47.3 Å². The van der Waals surface area contributed by atoms with Crippen molar-refractivity contribution in [1.29, 1.82) is 5.26 Å². The van der Waals surface area contributed by atoms with Crippen LogP contribution in [0.2, 0.25) is 0 Å². The molecule has 4 aromatic rings. The molecule has 184 valence electrons. The predicted molar refractivity (Wildman–Crippen MR) is 131 cm³/mol. The average Bonchev–Trinajstić information content (AvgIpc) is 3.42. The van der Waals surface area contributed by atoms with E-state index in [2.05, 4.69) is 31.4 Å². The Morgan fingerprint density at radius 2 is 2.14 bits per heavy atom. The molecule has 1 amide bonds. The van der Waals surface area contributed by atoms with E-state index in [1.165, 1.54) is 0 Å². The van der Waals surface area contributed by atoms with E-state index in [4.69, 9.17) is 20.1 Å². The topological polar surface area (TPSA) is 161 Å². The smallest absolute Gasteiger partial charge is 0.298 e. The molecule has 12 heteroatoms. The van der Waals surface area contributed by atoms with Crippen LogP contribution in [-0.4, -0.2) is 50.3 Å². The third kappa shape index (κ3) is 4.63. The summed E-state index contributed by atoms with van der Waals surface area (Å²) in [5.74, 6) is 0.280. The van der Waals surface area contributed by atoms with Gasteiger partial charge in [0.1, 0.15) is 17.9 Å². The number of carbonyl (C=O) groups excluding carboxylic acids is 1. The first-order chi connectivity index (χ1) is 17.2. The van der Waals surface area contributed by atoms with Crippen molar-refractivity contribution in [3.63, 3.8) is 0 Å². The Bertz CT molecular complexity index is 1480. The number of ether oxygens (including phenoxy) is 1. The Morgan fingerprint density at radius 1 is 1.33 bits per heavy atom. The Labute approximate surface area is 206 Å². The van der Waals surface area contributed by atoms with Gasteiger partial charge in [0.05, 0.1) is 35.3 Å². The van der Waals surface area contributed by atoms with Gasteiger partial charge in [-0.1, -0.05) is 0 Å². The van der Waals surface area contributed by atoms with E-state index < -0.39 is 11.3 Å². The number of amides is 1. The first kappa shape index (κ1) is 23.1. The first-order valence-corrected chi connectivity index (χ1v) is 11.3. The lowest BCUT2D eigenvalue weighted by atomic mass is 9.97. The highest BCUT2D eigenvalue weighted by Gasteiger charge is 2.33. The maximum atomic E-state index is 12.0. The maximum Gasteiger partial charge on any atom is 0.298 e. The van der Waals surface area contributed by atoms with Gasteiger partial charge in [-0.05, 0) is 26.0 Å². The summed E-state index contributed by atoms with van der Waals surface area (Å²) >= 11 is 0. The number of aryl methyl sites for hydroxylation is 1. The molecule has 4 heterocycles. The van der Waals surface area contributed by atoms with E-state index in [-0.39, 0.29) is 24.0 Å². The van der Waals surface area contributed by atoms with Crippen LogP contribution in [0.3, 0.4) is 0 Å². The van der Waals surface area contributed by atoms with Crippen LogP contribution in [0.25, 0.3) is 11.1 Å². The van der Waals surface area contributed by atoms with Crippen LogP contribution in [0.1, 0.15) is 35.9 Å². The van der Waals surface area contributed by atoms with Gasteiger partial charge in [-0.2, -0.15) is 15.3 Å². The van der Waals surface area contributed by atoms with Gasteiger partial charge in [0.15, 0.2) is 17.1 Å². The van der Waals surface area contributed by atoms with Gasteiger partial charge in [-0.3, -0.25) is 9.48 Å². The van der Waals surface area contributed by atoms with Crippen molar-refractivity contribution in [2.75, 3.05) is 29.9 Å². The summed E-state index contributed by atoms with van der Waals surface area (Å²) in [4.78, 5) is 27.4. The van der Waals surface area contributed by atoms with Crippen LogP contribution in [-0.2, 0) is 7.05 Å². The van der Waals surface area contributed by atoms with Crippen molar-refractivity contribution in [1.82, 2.24) is 24.7 Å². The molecule has 0 saturated carbocycles. The Morgan fingerprint density at radius 3 is 2.83 bits per heavy atom. The molecular formula is C24H25N9O3. The van der Waals surface area contributed by atoms with Crippen LogP contribution in [0.5, 0.6) is 5.75 Å². The molecule has 36 heavy (non-hydrogen) atoms. The SMILES string of the molecule is Cn1cc(Nc2ncc(C3CN(c4nc5ccc(OCC(C)(C)C#N)cc5o4)C3)nc2C(N)=O)cn1. The summed E-state index contributed by atoms with van der Waals surface area (Å²) in [7, 11) is 1.79. The molecule has 1 aromatic carbocycles. The molecular weight excluding hydrogens is 462 g/mol. The number of oxazole rings is 1. The Hall–Kier alpha value is -4.66. The lowest BCUT2D eigenvalue weighted by Crippen LogP contribution is -2.45. The summed E-state index contributed by atoms with van der Waals surface area (Å²) < 4.78 is 13.3. The molecule has 0 unspecified atom stereocenters. The number of carbonyl (C=O) groups is 1. The number of hydrogen-bond donors (Lipinski definition) is 2. The summed E-state index contributed by atoms with van der Waals surface area (Å²) in [5, 5.41) is 16.3. The fraction of sp³-hybridized carbons (Fsp3) is 0.333. The molecule has 0 atom stereocenters. The minimum atomic E-state index is -0.665. The number of aromatic nitrogens is 5. The van der Waals surface area contributed by atoms with Crippen LogP contribution in [0.4, 0.5) is 17.5 Å². The number of nitriles is 1. The van der Waals surface area contributed by atoms with Crippen LogP contribution < -0.4 is 20.7 Å². The van der Waals surface area contributed by atoms with E-state index in [1.807, 2.05) is 30.9 Å². The zero-order valence-electron chi connectivity index (χ0n) is 20.1. The van der Waals surface area contributed by atoms with Gasteiger partial charge in [-0.15, -0.1) is 0 Å². The molecule has 0 spiro atoms. The first-order valence-electron chi connectivity index (χ1n) is 11.3. The number of fused-ring (bicyclic) bond motifs is 1. The van der Waals surface area contributed by atoms with Gasteiger partial charge >= 0.3 is 0 Å². The number of primary amides is 1. The summed E-state index contributed by atoms with van der Waals surface area (Å²) in [6.45, 7) is 5.12. The van der Waals surface area contributed by atoms with Crippen LogP contribution in [0, 0.1) is 16.7 Å². The van der Waals surface area contributed by atoms with Gasteiger partial charge < -0.3 is 25.1 Å². The molecule has 0 aliphatic carbocycles. The monoisotopic (exact) mass is 487 g/mol. The largest absolute Gasteiger partial charge is 0.492 e. The zero-order chi connectivity index (χ0) is 25.4. The molecule has 3 aromatic heterocycles. The number of nitrogens with one attached hydrogen (secondary N) is 1. The van der Waals surface area contributed by atoms with Gasteiger partial charge in [0, 0.05) is 38.3 Å². The van der Waals surface area contributed by atoms with Crippen LogP contribution >= 0.6 is 0 Å². The number of anilines is 3. The van der Waals surface area contributed by atoms with Gasteiger partial charge in [0.2, 0.25) is 0 Å². The van der Waals surface area contributed by atoms with Gasteiger partial charge in [0.25, 0.3) is 11.9 Å². The average molecular weight is 488 g/mol. The van der Waals surface area contributed by atoms with Crippen molar-refractivity contribution >= 4 is 34.5 Å². The second-order valence-electron chi connectivity index (χ2n) is 9.40. The van der Waals surface area contributed by atoms with E-state index in [1.54, 1.807) is 36.4 Å². The summed E-state index contributed by atoms with van der Waals surface area (Å²) in [6, 6.07) is 8.12. The highest BCUT2D eigenvalue weighted by molar-refractivity contribution is 5.96. The van der Waals surface area contributed by atoms with Crippen molar-refractivity contribution in [3.05, 3.63) is 48.2 Å². The highest BCUT2D eigenvalue weighted by atomic mass is 16.5. The molecule has 0 bridgehead atoms. The standard InChI is InChI=1S/C24H25N9O3/c1-24(2,12-25)13-35-16-4-5-17-19(6-16)36-23(31-17)33-9-14(10-33)18-8-27-22(20(30-18)21(26)34)29-15-7-28-32(3)11-15/h4-8,11,14H,9-10,13H2,1-3H3,(H2,26,34)(H,27,29). The molecule has 12 nitrogen and oxygen atoms in total. The molecule has 1 saturated heterocycles. The summed E-state index contributed by atoms with van der Waals surface area (Å²) in [6.07, 6.45) is 5.02. The van der Waals surface area contributed by atoms with Gasteiger partial charge in [-0.25, -0.2) is 9.97 Å². The number of benzene rings is 1. The third-order valence-corrected chi connectivity index (χ3v) is 5.81. The van der Waals surface area contributed by atoms with Crippen molar-refractivity contribution < 1.29 is 13.9 Å². The lowest BCUT2D eigenvalue weighted by molar-refractivity contribution is 0.0995. The predicted octanol–water partition coefficient (Wildman–Crippen LogP) is 2.73. The van der Waals surface area contributed by atoms with E-state index in [9.17, 15) is 4.79 Å². The second kappa shape index (κ2) is 8.84. The van der Waals surface area contributed by atoms with Crippen molar-refractivity contribution in [2.45, 2.75) is 19.8 Å². The minimum absolute atomic E-state index is 0.0464. The second-order valence-corrected chi connectivity index (χ2v) is 9.40. The zero-order valence-corrected chi connectivity index (χ0v) is 20.1. The number of nitrogens with zero attached hydrogens (tertiary/aromatic N) is 7. The van der Waals surface area contributed by atoms with Crippen LogP contribution in [0.15, 0.2) is 41.2 Å². The highest BCUT2D eigenvalue weighted by Crippen LogP contribution is 2.34. The fourth-order valence-corrected chi connectivity index (χ4v) is 3.72. The molecule has 1 aliphatic rings. The number of hydrogen-bond acceptors (Lipinski definition) is 10. The number of rotatable bonds is 8.